The third-order valence-electron chi connectivity index (χ3n) is 10.8. The number of ether oxygens (including phenoxy) is 4. The van der Waals surface area contributed by atoms with E-state index in [4.69, 9.17) is 29.0 Å². The van der Waals surface area contributed by atoms with E-state index in [0.717, 1.165) is 30.7 Å². The highest BCUT2D eigenvalue weighted by atomic mass is 16.7. The second-order valence-electron chi connectivity index (χ2n) is 14.5. The maximum atomic E-state index is 12.4. The molecule has 2 saturated carbocycles. The number of benzene rings is 2. The summed E-state index contributed by atoms with van der Waals surface area (Å²) in [5, 5.41) is 19.3. The van der Waals surface area contributed by atoms with Gasteiger partial charge in [-0.15, -0.1) is 10.1 Å². The smallest absolute Gasteiger partial charge is 0.285 e. The van der Waals surface area contributed by atoms with E-state index in [1.807, 2.05) is 0 Å². The molecule has 13 nitrogen and oxygen atoms in total. The Morgan fingerprint density at radius 1 is 0.633 bits per heavy atom. The minimum atomic E-state index is -0.657. The number of aliphatic hydroxyl groups is 1. The lowest BCUT2D eigenvalue weighted by atomic mass is 9.81. The van der Waals surface area contributed by atoms with E-state index in [1.54, 1.807) is 36.4 Å². The van der Waals surface area contributed by atoms with Crippen molar-refractivity contribution in [3.63, 3.8) is 0 Å². The van der Waals surface area contributed by atoms with Crippen LogP contribution < -0.4 is 0 Å². The van der Waals surface area contributed by atoms with Crippen LogP contribution >= 0.6 is 0 Å². The summed E-state index contributed by atoms with van der Waals surface area (Å²) in [7, 11) is 0. The van der Waals surface area contributed by atoms with Gasteiger partial charge in [0, 0.05) is 24.7 Å². The van der Waals surface area contributed by atoms with Gasteiger partial charge in [-0.2, -0.15) is 0 Å². The molecule has 264 valence electrons. The van der Waals surface area contributed by atoms with Crippen LogP contribution in [0.25, 0.3) is 0 Å². The van der Waals surface area contributed by atoms with Crippen molar-refractivity contribution in [2.75, 3.05) is 39.6 Å². The molecule has 2 aromatic carbocycles. The maximum Gasteiger partial charge on any atom is 0.285 e. The standard InChI is InChI=1S/C18H21NO5.C10H18O3.C8H5NO3/c1-17(2)7-8-18(22-9-10-23-18)14(17)11-24-19-15(20)12-5-3-4-6-13(12)16(19)21;1-9(2)3-4-10(8(9)7-11)12-5-6-13-10;10-7-5-3-1-2-4-6(5)8(11)9(7)12/h3-6,14H,7-11H2,1-2H3;8,11H,3-7H2,1-2H3;1-4,12H. The lowest BCUT2D eigenvalue weighted by Crippen LogP contribution is -2.44. The number of amides is 4. The van der Waals surface area contributed by atoms with Gasteiger partial charge in [0.25, 0.3) is 23.6 Å². The normalized spacial score (nSPS) is 26.6. The number of carbonyl (C=O) groups is 4. The third kappa shape index (κ3) is 6.22. The van der Waals surface area contributed by atoms with Gasteiger partial charge in [-0.3, -0.25) is 29.2 Å². The zero-order chi connectivity index (χ0) is 35.2. The highest BCUT2D eigenvalue weighted by Crippen LogP contribution is 2.53. The minimum absolute atomic E-state index is 0.0446. The Morgan fingerprint density at radius 2 is 1.00 bits per heavy atom. The first-order chi connectivity index (χ1) is 23.3. The van der Waals surface area contributed by atoms with E-state index in [-0.39, 0.29) is 52.1 Å². The van der Waals surface area contributed by atoms with Crippen molar-refractivity contribution in [2.24, 2.45) is 22.7 Å². The summed E-state index contributed by atoms with van der Waals surface area (Å²) in [5.74, 6) is -3.16. The molecule has 6 aliphatic rings. The summed E-state index contributed by atoms with van der Waals surface area (Å²) in [4.78, 5) is 52.6. The van der Waals surface area contributed by atoms with E-state index in [9.17, 15) is 24.3 Å². The van der Waals surface area contributed by atoms with E-state index in [0.29, 0.717) is 37.6 Å². The summed E-state index contributed by atoms with van der Waals surface area (Å²) < 4.78 is 23.1. The average Bonchev–Trinajstić information content (AvgIpc) is 3.93. The van der Waals surface area contributed by atoms with Gasteiger partial charge in [0.15, 0.2) is 11.6 Å². The topological polar surface area (TPSA) is 161 Å². The number of rotatable bonds is 4. The van der Waals surface area contributed by atoms with Crippen LogP contribution in [0, 0.1) is 22.7 Å². The molecule has 2 aromatic rings. The number of fused-ring (bicyclic) bond motifs is 2. The molecule has 0 radical (unpaired) electrons. The Labute approximate surface area is 284 Å². The Kier molecular flexibility index (Phi) is 9.57. The predicted octanol–water partition coefficient (Wildman–Crippen LogP) is 4.22. The van der Waals surface area contributed by atoms with Crippen LogP contribution in [0.2, 0.25) is 0 Å². The Bertz CT molecular complexity index is 1540. The molecule has 4 amide bonds. The summed E-state index contributed by atoms with van der Waals surface area (Å²) in [6.07, 6.45) is 3.74. The molecule has 4 aliphatic heterocycles. The van der Waals surface area contributed by atoms with Crippen LogP contribution in [0.4, 0.5) is 0 Å². The molecular weight excluding hydrogens is 636 g/mol. The van der Waals surface area contributed by atoms with Crippen molar-refractivity contribution < 1.29 is 53.3 Å². The van der Waals surface area contributed by atoms with Gasteiger partial charge in [-0.1, -0.05) is 52.0 Å². The predicted molar refractivity (Wildman–Crippen MR) is 171 cm³/mol. The summed E-state index contributed by atoms with van der Waals surface area (Å²) in [5.41, 5.74) is 1.37. The van der Waals surface area contributed by atoms with Crippen LogP contribution in [0.3, 0.4) is 0 Å². The monoisotopic (exact) mass is 680 g/mol. The van der Waals surface area contributed by atoms with Gasteiger partial charge in [-0.05, 0) is 47.9 Å². The first-order valence-corrected chi connectivity index (χ1v) is 16.7. The molecule has 2 N–H and O–H groups in total. The van der Waals surface area contributed by atoms with Crippen molar-refractivity contribution in [2.45, 2.75) is 65.0 Å². The van der Waals surface area contributed by atoms with Crippen LogP contribution in [0.15, 0.2) is 48.5 Å². The third-order valence-corrected chi connectivity index (χ3v) is 10.8. The highest BCUT2D eigenvalue weighted by Gasteiger charge is 2.58. The van der Waals surface area contributed by atoms with Crippen molar-refractivity contribution >= 4 is 23.6 Å². The molecule has 2 aliphatic carbocycles. The number of hydrogen-bond acceptors (Lipinski definition) is 11. The van der Waals surface area contributed by atoms with Crippen molar-refractivity contribution in [1.29, 1.82) is 0 Å². The second kappa shape index (κ2) is 13.3. The fourth-order valence-electron chi connectivity index (χ4n) is 7.86. The van der Waals surface area contributed by atoms with Gasteiger partial charge in [0.1, 0.15) is 0 Å². The van der Waals surface area contributed by atoms with E-state index in [2.05, 4.69) is 27.7 Å². The van der Waals surface area contributed by atoms with Gasteiger partial charge < -0.3 is 24.1 Å². The quantitative estimate of drug-likeness (QED) is 0.351. The first kappa shape index (κ1) is 35.3. The zero-order valence-electron chi connectivity index (χ0n) is 28.3. The average molecular weight is 681 g/mol. The number of hydrogen-bond donors (Lipinski definition) is 2. The summed E-state index contributed by atoms with van der Waals surface area (Å²) in [6, 6.07) is 13.1. The molecule has 4 heterocycles. The SMILES string of the molecule is CC1(C)CCC2(OCCO2)C1CO.CC1(C)CCC2(OCCO2)C1CON1C(=O)c2ccccc2C1=O.O=C1c2ccccc2C(=O)N1O. The molecule has 0 aromatic heterocycles. The van der Waals surface area contributed by atoms with Gasteiger partial charge in [0.2, 0.25) is 0 Å². The van der Waals surface area contributed by atoms with Gasteiger partial charge in [-0.25, -0.2) is 0 Å². The van der Waals surface area contributed by atoms with Gasteiger partial charge >= 0.3 is 0 Å². The molecule has 0 bridgehead atoms. The van der Waals surface area contributed by atoms with Crippen molar-refractivity contribution in [3.05, 3.63) is 70.8 Å². The number of hydroxylamine groups is 4. The van der Waals surface area contributed by atoms with Gasteiger partial charge in [0.05, 0.1) is 61.9 Å². The molecule has 2 spiro atoms. The van der Waals surface area contributed by atoms with Crippen molar-refractivity contribution in [3.8, 4) is 0 Å². The fourth-order valence-corrected chi connectivity index (χ4v) is 7.86. The lowest BCUT2D eigenvalue weighted by Gasteiger charge is -2.36. The maximum absolute atomic E-state index is 12.4. The molecule has 2 atom stereocenters. The highest BCUT2D eigenvalue weighted by molar-refractivity contribution is 6.21. The number of imide groups is 2. The molecule has 2 saturated heterocycles. The number of aliphatic hydroxyl groups excluding tert-OH is 1. The molecule has 8 rings (SSSR count). The Hall–Kier alpha value is -3.56. The summed E-state index contributed by atoms with van der Waals surface area (Å²) >= 11 is 0. The van der Waals surface area contributed by atoms with E-state index >= 15 is 0 Å². The number of nitrogens with zero attached hydrogens (tertiary/aromatic N) is 2. The van der Waals surface area contributed by atoms with Crippen LogP contribution in [0.1, 0.15) is 94.8 Å². The van der Waals surface area contributed by atoms with E-state index < -0.39 is 35.2 Å². The molecule has 2 unspecified atom stereocenters. The molecule has 13 heteroatoms. The molecule has 4 fully saturated rings. The Morgan fingerprint density at radius 3 is 1.41 bits per heavy atom. The largest absolute Gasteiger partial charge is 0.396 e. The van der Waals surface area contributed by atoms with Crippen molar-refractivity contribution in [1.82, 2.24) is 10.1 Å². The number of carbonyl (C=O) groups excluding carboxylic acids is 4. The summed E-state index contributed by atoms with van der Waals surface area (Å²) in [6.45, 7) is 11.5. The van der Waals surface area contributed by atoms with Crippen LogP contribution in [0.5, 0.6) is 0 Å². The van der Waals surface area contributed by atoms with E-state index in [1.165, 1.54) is 12.1 Å². The second-order valence-corrected chi connectivity index (χ2v) is 14.5. The Balaban J connectivity index is 0.000000140. The molecule has 49 heavy (non-hydrogen) atoms. The minimum Gasteiger partial charge on any atom is -0.396 e. The van der Waals surface area contributed by atoms with Crippen LogP contribution in [-0.2, 0) is 23.8 Å². The zero-order valence-corrected chi connectivity index (χ0v) is 28.3. The molecular formula is C36H44N2O11. The first-order valence-electron chi connectivity index (χ1n) is 16.7. The van der Waals surface area contributed by atoms with Crippen LogP contribution in [-0.4, -0.2) is 95.3 Å². The fraction of sp³-hybridized carbons (Fsp3) is 0.556. The lowest BCUT2D eigenvalue weighted by molar-refractivity contribution is -0.221.